The molecule has 33 heavy (non-hydrogen) atoms. The van der Waals surface area contributed by atoms with Gasteiger partial charge in [0.15, 0.2) is 0 Å². The fraction of sp³-hybridized carbons (Fsp3) is 1.00. The average molecular weight is 472 g/mol. The number of aliphatic hydroxyl groups is 2. The first-order chi connectivity index (χ1) is 15.2. The van der Waals surface area contributed by atoms with Crippen molar-refractivity contribution in [1.82, 2.24) is 5.32 Å². The topological polar surface area (TPSA) is 52.5 Å². The Morgan fingerprint density at radius 1 is 0.818 bits per heavy atom. The molecule has 0 saturated heterocycles. The van der Waals surface area contributed by atoms with E-state index in [1.165, 1.54) is 57.8 Å². The SMILES string of the molecule is CCC(O)C1CCC(C(C)(C)C)CC1.CCCC(CCCC(C)(C)C)C(C)O.CCNCC. The number of rotatable bonds is 10. The molecule has 3 unspecified atom stereocenters. The third-order valence-electron chi connectivity index (χ3n) is 7.30. The molecular weight excluding hydrogens is 406 g/mol. The van der Waals surface area contributed by atoms with Crippen molar-refractivity contribution in [3.8, 4) is 0 Å². The molecule has 1 rings (SSSR count). The Bertz CT molecular complexity index is 412. The molecule has 0 amide bonds. The first-order valence-corrected chi connectivity index (χ1v) is 14.3. The van der Waals surface area contributed by atoms with E-state index in [2.05, 4.69) is 74.6 Å². The molecule has 0 aromatic heterocycles. The number of hydrogen-bond donors (Lipinski definition) is 3. The zero-order chi connectivity index (χ0) is 26.1. The van der Waals surface area contributed by atoms with Gasteiger partial charge in [0.2, 0.25) is 0 Å². The normalized spacial score (nSPS) is 21.7. The van der Waals surface area contributed by atoms with Crippen LogP contribution in [0, 0.1) is 28.6 Å². The minimum atomic E-state index is -0.130. The van der Waals surface area contributed by atoms with E-state index in [9.17, 15) is 10.2 Å². The highest BCUT2D eigenvalue weighted by molar-refractivity contribution is 4.82. The van der Waals surface area contributed by atoms with E-state index in [1.807, 2.05) is 6.92 Å². The highest BCUT2D eigenvalue weighted by atomic mass is 16.3. The summed E-state index contributed by atoms with van der Waals surface area (Å²) in [5.74, 6) is 1.96. The maximum Gasteiger partial charge on any atom is 0.0565 e. The van der Waals surface area contributed by atoms with E-state index in [0.717, 1.165) is 25.4 Å². The van der Waals surface area contributed by atoms with E-state index < -0.39 is 0 Å². The molecule has 1 aliphatic carbocycles. The fourth-order valence-corrected chi connectivity index (χ4v) is 4.85. The van der Waals surface area contributed by atoms with Crippen LogP contribution in [-0.4, -0.2) is 35.5 Å². The molecule has 0 spiro atoms. The summed E-state index contributed by atoms with van der Waals surface area (Å²) >= 11 is 0. The van der Waals surface area contributed by atoms with Crippen LogP contribution in [0.2, 0.25) is 0 Å². The smallest absolute Gasteiger partial charge is 0.0565 e. The second kappa shape index (κ2) is 19.1. The lowest BCUT2D eigenvalue weighted by Gasteiger charge is -2.38. The van der Waals surface area contributed by atoms with Crippen LogP contribution in [0.3, 0.4) is 0 Å². The monoisotopic (exact) mass is 472 g/mol. The summed E-state index contributed by atoms with van der Waals surface area (Å²) in [6.45, 7) is 26.5. The van der Waals surface area contributed by atoms with Crippen LogP contribution in [0.15, 0.2) is 0 Å². The van der Waals surface area contributed by atoms with Crippen molar-refractivity contribution in [2.75, 3.05) is 13.1 Å². The fourth-order valence-electron chi connectivity index (χ4n) is 4.85. The van der Waals surface area contributed by atoms with Crippen molar-refractivity contribution < 1.29 is 10.2 Å². The van der Waals surface area contributed by atoms with Gasteiger partial charge in [-0.2, -0.15) is 0 Å². The molecule has 3 heteroatoms. The van der Waals surface area contributed by atoms with Crippen molar-refractivity contribution in [2.45, 2.75) is 153 Å². The second-order valence-corrected chi connectivity index (χ2v) is 12.7. The molecule has 1 saturated carbocycles. The Morgan fingerprint density at radius 3 is 1.64 bits per heavy atom. The first-order valence-electron chi connectivity index (χ1n) is 14.3. The number of hydrogen-bond acceptors (Lipinski definition) is 3. The minimum absolute atomic E-state index is 0.0454. The average Bonchev–Trinajstić information content (AvgIpc) is 2.72. The first kappa shape index (κ1) is 35.0. The summed E-state index contributed by atoms with van der Waals surface area (Å²) in [6, 6.07) is 0. The molecule has 202 valence electrons. The summed E-state index contributed by atoms with van der Waals surface area (Å²) < 4.78 is 0. The van der Waals surface area contributed by atoms with Gasteiger partial charge in [0, 0.05) is 0 Å². The molecule has 0 radical (unpaired) electrons. The molecule has 3 N–H and O–H groups in total. The number of aliphatic hydroxyl groups excluding tert-OH is 2. The van der Waals surface area contributed by atoms with Crippen molar-refractivity contribution in [2.24, 2.45) is 28.6 Å². The second-order valence-electron chi connectivity index (χ2n) is 12.7. The van der Waals surface area contributed by atoms with Crippen LogP contribution in [0.5, 0.6) is 0 Å². The molecule has 0 aromatic carbocycles. The summed E-state index contributed by atoms with van der Waals surface area (Å²) in [5, 5.41) is 22.5. The summed E-state index contributed by atoms with van der Waals surface area (Å²) in [6.07, 6.45) is 11.9. The number of nitrogens with one attached hydrogen (secondary N) is 1. The predicted octanol–water partition coefficient (Wildman–Crippen LogP) is 8.23. The van der Waals surface area contributed by atoms with Gasteiger partial charge >= 0.3 is 0 Å². The maximum absolute atomic E-state index is 9.77. The molecule has 0 bridgehead atoms. The van der Waals surface area contributed by atoms with E-state index in [-0.39, 0.29) is 12.2 Å². The lowest BCUT2D eigenvalue weighted by molar-refractivity contribution is 0.0512. The molecule has 3 nitrogen and oxygen atoms in total. The van der Waals surface area contributed by atoms with Gasteiger partial charge in [-0.15, -0.1) is 0 Å². The highest BCUT2D eigenvalue weighted by Gasteiger charge is 2.31. The molecule has 0 aliphatic heterocycles. The largest absolute Gasteiger partial charge is 0.393 e. The quantitative estimate of drug-likeness (QED) is 0.301. The van der Waals surface area contributed by atoms with E-state index in [1.54, 1.807) is 0 Å². The Labute approximate surface area is 209 Å². The van der Waals surface area contributed by atoms with E-state index >= 15 is 0 Å². The molecular formula is C30H65NO2. The van der Waals surface area contributed by atoms with E-state index in [0.29, 0.717) is 22.7 Å². The van der Waals surface area contributed by atoms with Gasteiger partial charge in [0.05, 0.1) is 12.2 Å². The van der Waals surface area contributed by atoms with Crippen LogP contribution in [0.25, 0.3) is 0 Å². The van der Waals surface area contributed by atoms with E-state index in [4.69, 9.17) is 0 Å². The lowest BCUT2D eigenvalue weighted by atomic mass is 9.69. The Balaban J connectivity index is 0. The third kappa shape index (κ3) is 19.8. The summed E-state index contributed by atoms with van der Waals surface area (Å²) in [7, 11) is 0. The van der Waals surface area contributed by atoms with Crippen LogP contribution in [0.4, 0.5) is 0 Å². The minimum Gasteiger partial charge on any atom is -0.393 e. The van der Waals surface area contributed by atoms with Crippen molar-refractivity contribution in [3.05, 3.63) is 0 Å². The van der Waals surface area contributed by atoms with Crippen molar-refractivity contribution in [1.29, 1.82) is 0 Å². The molecule has 0 heterocycles. The van der Waals surface area contributed by atoms with Crippen LogP contribution >= 0.6 is 0 Å². The van der Waals surface area contributed by atoms with Crippen LogP contribution < -0.4 is 5.32 Å². The maximum atomic E-state index is 9.77. The van der Waals surface area contributed by atoms with Crippen LogP contribution in [-0.2, 0) is 0 Å². The Hall–Kier alpha value is -0.120. The van der Waals surface area contributed by atoms with Crippen molar-refractivity contribution >= 4 is 0 Å². The molecule has 0 aromatic rings. The summed E-state index contributed by atoms with van der Waals surface area (Å²) in [4.78, 5) is 0. The Morgan fingerprint density at radius 2 is 1.33 bits per heavy atom. The predicted molar refractivity (Wildman–Crippen MR) is 149 cm³/mol. The standard InChI is InChI=1S/C13H26O.C13H28O.C4H11N/c1-5-12(14)10-6-8-11(9-7-10)13(2,3)4;1-6-8-12(11(2)14)9-7-10-13(3,4)5;1-3-5-4-2/h10-12,14H,5-9H2,1-4H3;11-12,14H,6-10H2,1-5H3;5H,3-4H2,1-2H3. The Kier molecular flexibility index (Phi) is 20.3. The zero-order valence-corrected chi connectivity index (χ0v) is 24.8. The van der Waals surface area contributed by atoms with Gasteiger partial charge in [-0.25, -0.2) is 0 Å². The third-order valence-corrected chi connectivity index (χ3v) is 7.30. The van der Waals surface area contributed by atoms with Gasteiger partial charge in [-0.05, 0) is 100.0 Å². The van der Waals surface area contributed by atoms with Gasteiger partial charge < -0.3 is 15.5 Å². The van der Waals surface area contributed by atoms with Gasteiger partial charge in [-0.1, -0.05) is 82.1 Å². The van der Waals surface area contributed by atoms with Gasteiger partial charge in [0.1, 0.15) is 0 Å². The van der Waals surface area contributed by atoms with Crippen molar-refractivity contribution in [3.63, 3.8) is 0 Å². The van der Waals surface area contributed by atoms with Crippen LogP contribution in [0.1, 0.15) is 140 Å². The van der Waals surface area contributed by atoms with Gasteiger partial charge in [0.25, 0.3) is 0 Å². The van der Waals surface area contributed by atoms with Gasteiger partial charge in [-0.3, -0.25) is 0 Å². The molecule has 1 aliphatic rings. The molecule has 1 fully saturated rings. The highest BCUT2D eigenvalue weighted by Crippen LogP contribution is 2.40. The zero-order valence-electron chi connectivity index (χ0n) is 24.8. The summed E-state index contributed by atoms with van der Waals surface area (Å²) in [5.41, 5.74) is 0.900. The lowest BCUT2D eigenvalue weighted by Crippen LogP contribution is -2.30. The molecule has 3 atom stereocenters.